The summed E-state index contributed by atoms with van der Waals surface area (Å²) in [6.45, 7) is 1.44. The number of ketones is 1. The molecule has 0 amide bonds. The highest BCUT2D eigenvalue weighted by Crippen LogP contribution is 2.26. The van der Waals surface area contributed by atoms with Gasteiger partial charge in [-0.05, 0) is 59.2 Å². The summed E-state index contributed by atoms with van der Waals surface area (Å²) >= 11 is 2.25. The number of hydrogen-bond acceptors (Lipinski definition) is 2. The molecule has 2 aromatic rings. The highest BCUT2D eigenvalue weighted by Gasteiger charge is 2.19. The Morgan fingerprint density at radius 1 is 1.10 bits per heavy atom. The van der Waals surface area contributed by atoms with Gasteiger partial charge >= 0.3 is 0 Å². The molecule has 0 fully saturated rings. The van der Waals surface area contributed by atoms with Gasteiger partial charge < -0.3 is 4.90 Å². The van der Waals surface area contributed by atoms with E-state index < -0.39 is 0 Å². The molecule has 3 heteroatoms. The molecule has 2 aromatic carbocycles. The summed E-state index contributed by atoms with van der Waals surface area (Å²) in [6, 6.07) is 16.2. The second-order valence-corrected chi connectivity index (χ2v) is 6.33. The van der Waals surface area contributed by atoms with Crippen LogP contribution >= 0.6 is 22.6 Å². The average Bonchev–Trinajstić information content (AvgIpc) is 2.48. The van der Waals surface area contributed by atoms with Crippen LogP contribution in [0.15, 0.2) is 48.5 Å². The van der Waals surface area contributed by atoms with Crippen LogP contribution in [0.4, 0.5) is 5.69 Å². The number of Topliss-reactive ketones (excluding diaryl/α,β-unsaturated/α-hetero) is 1. The molecule has 0 aliphatic carbocycles. The lowest BCUT2D eigenvalue weighted by atomic mass is 10.0. The zero-order chi connectivity index (χ0) is 13.9. The number of carbonyl (C=O) groups is 1. The summed E-state index contributed by atoms with van der Waals surface area (Å²) < 4.78 is 1.16. The number of nitrogens with zero attached hydrogens (tertiary/aromatic N) is 1. The highest BCUT2D eigenvalue weighted by molar-refractivity contribution is 14.1. The number of aryl methyl sites for hydroxylation is 1. The second kappa shape index (κ2) is 5.95. The normalized spacial score (nSPS) is 13.9. The van der Waals surface area contributed by atoms with Crippen LogP contribution in [-0.4, -0.2) is 18.9 Å². The van der Waals surface area contributed by atoms with E-state index in [1.54, 1.807) is 0 Å². The van der Waals surface area contributed by atoms with Crippen molar-refractivity contribution in [2.45, 2.75) is 12.8 Å². The number of fused-ring (bicyclic) bond motifs is 1. The summed E-state index contributed by atoms with van der Waals surface area (Å²) in [7, 11) is 0. The fourth-order valence-corrected chi connectivity index (χ4v) is 3.04. The standard InChI is InChI=1S/C17H16INO/c18-15-9-7-14(8-10-15)17(20)12-19-11-3-5-13-4-1-2-6-16(13)19/h1-2,4,6-10H,3,5,11-12H2. The number of hydrogen-bond donors (Lipinski definition) is 0. The minimum atomic E-state index is 0.193. The van der Waals surface area contributed by atoms with E-state index in [2.05, 4.69) is 45.7 Å². The Morgan fingerprint density at radius 2 is 1.85 bits per heavy atom. The van der Waals surface area contributed by atoms with E-state index in [4.69, 9.17) is 0 Å². The third-order valence-electron chi connectivity index (χ3n) is 3.71. The van der Waals surface area contributed by atoms with Crippen LogP contribution in [0.25, 0.3) is 0 Å². The zero-order valence-corrected chi connectivity index (χ0v) is 13.3. The Bertz CT molecular complexity index is 621. The van der Waals surface area contributed by atoms with Crippen LogP contribution < -0.4 is 4.90 Å². The molecule has 0 saturated heterocycles. The van der Waals surface area contributed by atoms with Crippen molar-refractivity contribution in [3.05, 3.63) is 63.2 Å². The Hall–Kier alpha value is -1.36. The molecule has 102 valence electrons. The first kappa shape index (κ1) is 13.6. The first-order valence-corrected chi connectivity index (χ1v) is 7.93. The maximum atomic E-state index is 12.4. The van der Waals surface area contributed by atoms with E-state index in [1.807, 2.05) is 30.3 Å². The van der Waals surface area contributed by atoms with Crippen LogP contribution in [0.2, 0.25) is 0 Å². The molecule has 1 aliphatic rings. The smallest absolute Gasteiger partial charge is 0.182 e. The van der Waals surface area contributed by atoms with Crippen LogP contribution in [-0.2, 0) is 6.42 Å². The van der Waals surface area contributed by atoms with Gasteiger partial charge in [0.25, 0.3) is 0 Å². The summed E-state index contributed by atoms with van der Waals surface area (Å²) in [4.78, 5) is 14.6. The predicted molar refractivity (Wildman–Crippen MR) is 90.5 cm³/mol. The molecule has 0 unspecified atom stereocenters. The minimum Gasteiger partial charge on any atom is -0.364 e. The van der Waals surface area contributed by atoms with Gasteiger partial charge in [0.15, 0.2) is 5.78 Å². The number of benzene rings is 2. The molecule has 20 heavy (non-hydrogen) atoms. The van der Waals surface area contributed by atoms with Crippen molar-refractivity contribution < 1.29 is 4.79 Å². The van der Waals surface area contributed by atoms with E-state index in [1.165, 1.54) is 11.3 Å². The van der Waals surface area contributed by atoms with E-state index >= 15 is 0 Å². The molecule has 0 spiro atoms. The summed E-state index contributed by atoms with van der Waals surface area (Å²) in [5, 5.41) is 0. The summed E-state index contributed by atoms with van der Waals surface area (Å²) in [5.41, 5.74) is 3.38. The SMILES string of the molecule is O=C(CN1CCCc2ccccc21)c1ccc(I)cc1. The fourth-order valence-electron chi connectivity index (χ4n) is 2.68. The highest BCUT2D eigenvalue weighted by atomic mass is 127. The molecule has 2 nitrogen and oxygen atoms in total. The van der Waals surface area contributed by atoms with Crippen LogP contribution in [0, 0.1) is 3.57 Å². The van der Waals surface area contributed by atoms with Gasteiger partial charge in [0, 0.05) is 21.4 Å². The molecule has 1 heterocycles. The lowest BCUT2D eigenvalue weighted by Gasteiger charge is -2.30. The van der Waals surface area contributed by atoms with Gasteiger partial charge in [-0.25, -0.2) is 0 Å². The quantitative estimate of drug-likeness (QED) is 0.597. The van der Waals surface area contributed by atoms with Crippen molar-refractivity contribution in [3.63, 3.8) is 0 Å². The van der Waals surface area contributed by atoms with Gasteiger partial charge in [-0.1, -0.05) is 30.3 Å². The van der Waals surface area contributed by atoms with Crippen molar-refractivity contribution in [2.75, 3.05) is 18.0 Å². The van der Waals surface area contributed by atoms with E-state index in [-0.39, 0.29) is 5.78 Å². The van der Waals surface area contributed by atoms with Crippen molar-refractivity contribution in [3.8, 4) is 0 Å². The van der Waals surface area contributed by atoms with Gasteiger partial charge in [-0.3, -0.25) is 4.79 Å². The number of para-hydroxylation sites is 1. The third kappa shape index (κ3) is 2.87. The van der Waals surface area contributed by atoms with Gasteiger partial charge in [0.05, 0.1) is 6.54 Å². The van der Waals surface area contributed by atoms with E-state index in [0.717, 1.165) is 28.5 Å². The first-order chi connectivity index (χ1) is 9.74. The maximum absolute atomic E-state index is 12.4. The Labute approximate surface area is 132 Å². The molecule has 1 aliphatic heterocycles. The number of halogens is 1. The molecular formula is C17H16INO. The molecule has 3 rings (SSSR count). The monoisotopic (exact) mass is 377 g/mol. The zero-order valence-electron chi connectivity index (χ0n) is 11.2. The average molecular weight is 377 g/mol. The summed E-state index contributed by atoms with van der Waals surface area (Å²) in [5.74, 6) is 0.193. The molecular weight excluding hydrogens is 361 g/mol. The largest absolute Gasteiger partial charge is 0.364 e. The minimum absolute atomic E-state index is 0.193. The Kier molecular flexibility index (Phi) is 4.05. The molecule has 0 saturated carbocycles. The topological polar surface area (TPSA) is 20.3 Å². The predicted octanol–water partition coefficient (Wildman–Crippen LogP) is 3.93. The van der Waals surface area contributed by atoms with Gasteiger partial charge in [-0.2, -0.15) is 0 Å². The number of rotatable bonds is 3. The van der Waals surface area contributed by atoms with Gasteiger partial charge in [0.1, 0.15) is 0 Å². The van der Waals surface area contributed by atoms with Gasteiger partial charge in [0.2, 0.25) is 0 Å². The van der Waals surface area contributed by atoms with Crippen molar-refractivity contribution >= 4 is 34.1 Å². The fraction of sp³-hybridized carbons (Fsp3) is 0.235. The second-order valence-electron chi connectivity index (χ2n) is 5.08. The van der Waals surface area contributed by atoms with Crippen molar-refractivity contribution in [2.24, 2.45) is 0 Å². The van der Waals surface area contributed by atoms with Crippen molar-refractivity contribution in [1.29, 1.82) is 0 Å². The van der Waals surface area contributed by atoms with E-state index in [9.17, 15) is 4.79 Å². The Balaban J connectivity index is 1.79. The summed E-state index contributed by atoms with van der Waals surface area (Å²) in [6.07, 6.45) is 2.24. The molecule has 0 aromatic heterocycles. The number of carbonyl (C=O) groups excluding carboxylic acids is 1. The molecule has 0 bridgehead atoms. The maximum Gasteiger partial charge on any atom is 0.182 e. The van der Waals surface area contributed by atoms with Crippen LogP contribution in [0.5, 0.6) is 0 Å². The van der Waals surface area contributed by atoms with Crippen molar-refractivity contribution in [1.82, 2.24) is 0 Å². The third-order valence-corrected chi connectivity index (χ3v) is 4.43. The van der Waals surface area contributed by atoms with Crippen LogP contribution in [0.1, 0.15) is 22.3 Å². The molecule has 0 atom stereocenters. The number of anilines is 1. The lowest BCUT2D eigenvalue weighted by molar-refractivity contribution is 0.0998. The van der Waals surface area contributed by atoms with Crippen LogP contribution in [0.3, 0.4) is 0 Å². The lowest BCUT2D eigenvalue weighted by Crippen LogP contribution is -2.34. The molecule has 0 N–H and O–H groups in total. The van der Waals surface area contributed by atoms with E-state index in [0.29, 0.717) is 6.54 Å². The Morgan fingerprint density at radius 3 is 2.65 bits per heavy atom. The first-order valence-electron chi connectivity index (χ1n) is 6.85. The molecule has 0 radical (unpaired) electrons. The van der Waals surface area contributed by atoms with Gasteiger partial charge in [-0.15, -0.1) is 0 Å².